The van der Waals surface area contributed by atoms with Gasteiger partial charge in [-0.05, 0) is 86.5 Å². The lowest BCUT2D eigenvalue weighted by Gasteiger charge is -2.33. The van der Waals surface area contributed by atoms with E-state index in [0.29, 0.717) is 0 Å². The molecule has 2 aliphatic carbocycles. The van der Waals surface area contributed by atoms with E-state index in [4.69, 9.17) is 9.47 Å². The lowest BCUT2D eigenvalue weighted by atomic mass is 9.70. The number of hydrogen-bond donors (Lipinski definition) is 0. The molecule has 0 radical (unpaired) electrons. The first-order chi connectivity index (χ1) is 22.3. The molecule has 0 N–H and O–H groups in total. The number of pyridine rings is 1. The number of para-hydroxylation sites is 2. The molecule has 45 heavy (non-hydrogen) atoms. The smallest absolute Gasteiger partial charge is 0.175 e. The minimum atomic E-state index is -0.567. The normalized spacial score (nSPS) is 13.9. The third kappa shape index (κ3) is 3.27. The molecule has 3 nitrogen and oxygen atoms in total. The Labute approximate surface area is 261 Å². The van der Waals surface area contributed by atoms with Gasteiger partial charge in [0.05, 0.1) is 11.1 Å². The fourth-order valence-electron chi connectivity index (χ4n) is 7.75. The zero-order valence-corrected chi connectivity index (χ0v) is 24.2. The number of rotatable bonds is 2. The molecule has 1 spiro atoms. The van der Waals surface area contributed by atoms with Crippen LogP contribution in [0.3, 0.4) is 0 Å². The van der Waals surface area contributed by atoms with E-state index in [-0.39, 0.29) is 0 Å². The molecule has 3 heteroatoms. The Bertz CT molecular complexity index is 2280. The van der Waals surface area contributed by atoms with Crippen molar-refractivity contribution >= 4 is 0 Å². The average molecular weight is 576 g/mol. The molecule has 0 bridgehead atoms. The van der Waals surface area contributed by atoms with Crippen LogP contribution in [0.2, 0.25) is 0 Å². The Morgan fingerprint density at radius 1 is 0.422 bits per heavy atom. The molecule has 2 heterocycles. The second kappa shape index (κ2) is 9.04. The van der Waals surface area contributed by atoms with Gasteiger partial charge in [0.1, 0.15) is 0 Å². The highest BCUT2D eigenvalue weighted by Crippen LogP contribution is 2.67. The quantitative estimate of drug-likeness (QED) is 0.205. The second-order valence-electron chi connectivity index (χ2n) is 11.9. The van der Waals surface area contributed by atoms with Crippen molar-refractivity contribution in [2.45, 2.75) is 5.41 Å². The highest BCUT2D eigenvalue weighted by Gasteiger charge is 2.54. The largest absolute Gasteiger partial charge is 0.450 e. The standard InChI is InChI=1S/C42H25NO2/c1-3-11-33-29(9-1)30-10-2-4-12-34(30)42(33)35-25-28(26-16-18-27(19-17-26)36-13-7-8-24-43-36)20-21-31(35)32-22-23-39-41(40(32)42)45-38-15-6-5-14-37(38)44-39/h1-25H. The Kier molecular flexibility index (Phi) is 4.92. The molecule has 7 aromatic rings. The zero-order chi connectivity index (χ0) is 29.5. The Morgan fingerprint density at radius 2 is 1.02 bits per heavy atom. The van der Waals surface area contributed by atoms with Gasteiger partial charge < -0.3 is 9.47 Å². The van der Waals surface area contributed by atoms with Crippen molar-refractivity contribution in [2.75, 3.05) is 0 Å². The molecule has 10 rings (SSSR count). The molecule has 0 saturated carbocycles. The first-order valence-corrected chi connectivity index (χ1v) is 15.3. The maximum absolute atomic E-state index is 6.81. The van der Waals surface area contributed by atoms with Crippen molar-refractivity contribution in [1.29, 1.82) is 0 Å². The summed E-state index contributed by atoms with van der Waals surface area (Å²) in [6, 6.07) is 51.5. The van der Waals surface area contributed by atoms with Crippen LogP contribution in [0, 0.1) is 0 Å². The highest BCUT2D eigenvalue weighted by atomic mass is 16.6. The van der Waals surface area contributed by atoms with E-state index in [1.807, 2.05) is 48.7 Å². The van der Waals surface area contributed by atoms with Gasteiger partial charge in [0.2, 0.25) is 0 Å². The minimum absolute atomic E-state index is 0.567. The summed E-state index contributed by atoms with van der Waals surface area (Å²) in [5.74, 6) is 3.00. The number of ether oxygens (including phenoxy) is 2. The fourth-order valence-corrected chi connectivity index (χ4v) is 7.75. The van der Waals surface area contributed by atoms with Crippen LogP contribution < -0.4 is 9.47 Å². The Hall–Kier alpha value is -5.93. The van der Waals surface area contributed by atoms with Gasteiger partial charge >= 0.3 is 0 Å². The maximum atomic E-state index is 6.81. The van der Waals surface area contributed by atoms with E-state index < -0.39 is 5.41 Å². The SMILES string of the molecule is c1ccc(-c2ccc(-c3ccc4c(c3)C3(c5ccccc5-c5ccccc53)c3c-4ccc4c3Oc3ccccc3O4)cc2)nc1. The molecular weight excluding hydrogens is 550 g/mol. The second-order valence-corrected chi connectivity index (χ2v) is 11.9. The molecule has 0 saturated heterocycles. The van der Waals surface area contributed by atoms with E-state index in [2.05, 4.69) is 108 Å². The third-order valence-corrected chi connectivity index (χ3v) is 9.62. The number of hydrogen-bond acceptors (Lipinski definition) is 3. The van der Waals surface area contributed by atoms with Crippen molar-refractivity contribution in [2.24, 2.45) is 0 Å². The third-order valence-electron chi connectivity index (χ3n) is 9.62. The Balaban J connectivity index is 1.24. The predicted octanol–water partition coefficient (Wildman–Crippen LogP) is 10.7. The summed E-state index contributed by atoms with van der Waals surface area (Å²) in [4.78, 5) is 4.54. The van der Waals surface area contributed by atoms with Gasteiger partial charge in [-0.3, -0.25) is 4.98 Å². The average Bonchev–Trinajstić information content (AvgIpc) is 3.58. The zero-order valence-electron chi connectivity index (χ0n) is 24.2. The van der Waals surface area contributed by atoms with Gasteiger partial charge in [-0.2, -0.15) is 0 Å². The molecular formula is C42H25NO2. The monoisotopic (exact) mass is 575 g/mol. The van der Waals surface area contributed by atoms with Crippen molar-refractivity contribution in [3.05, 3.63) is 174 Å². The molecule has 6 aromatic carbocycles. The van der Waals surface area contributed by atoms with Gasteiger partial charge in [0, 0.05) is 17.3 Å². The van der Waals surface area contributed by atoms with Crippen LogP contribution in [0.15, 0.2) is 152 Å². The van der Waals surface area contributed by atoms with Crippen molar-refractivity contribution in [3.63, 3.8) is 0 Å². The number of benzene rings is 6. The summed E-state index contributed by atoms with van der Waals surface area (Å²) < 4.78 is 13.3. The molecule has 210 valence electrons. The topological polar surface area (TPSA) is 31.4 Å². The van der Waals surface area contributed by atoms with Crippen LogP contribution in [0.4, 0.5) is 0 Å². The molecule has 1 aliphatic heterocycles. The predicted molar refractivity (Wildman–Crippen MR) is 178 cm³/mol. The maximum Gasteiger partial charge on any atom is 0.175 e. The minimum Gasteiger partial charge on any atom is -0.450 e. The summed E-state index contributed by atoms with van der Waals surface area (Å²) in [5, 5.41) is 0. The molecule has 0 fully saturated rings. The summed E-state index contributed by atoms with van der Waals surface area (Å²) >= 11 is 0. The fraction of sp³-hybridized carbons (Fsp3) is 0.0238. The molecule has 0 atom stereocenters. The van der Waals surface area contributed by atoms with Crippen molar-refractivity contribution in [1.82, 2.24) is 4.98 Å². The molecule has 3 aliphatic rings. The lowest BCUT2D eigenvalue weighted by molar-refractivity contribution is 0.354. The van der Waals surface area contributed by atoms with E-state index in [1.54, 1.807) is 0 Å². The van der Waals surface area contributed by atoms with Gasteiger partial charge in [-0.15, -0.1) is 0 Å². The molecule has 1 aromatic heterocycles. The van der Waals surface area contributed by atoms with Crippen LogP contribution in [-0.4, -0.2) is 4.98 Å². The summed E-state index contributed by atoms with van der Waals surface area (Å²) in [6.07, 6.45) is 1.84. The van der Waals surface area contributed by atoms with Crippen molar-refractivity contribution < 1.29 is 9.47 Å². The van der Waals surface area contributed by atoms with Gasteiger partial charge in [0.25, 0.3) is 0 Å². The molecule has 0 amide bonds. The van der Waals surface area contributed by atoms with Gasteiger partial charge in [0.15, 0.2) is 23.0 Å². The van der Waals surface area contributed by atoms with Crippen LogP contribution in [0.5, 0.6) is 23.0 Å². The summed E-state index contributed by atoms with van der Waals surface area (Å²) in [5.41, 5.74) is 13.7. The van der Waals surface area contributed by atoms with E-state index in [0.717, 1.165) is 39.8 Å². The van der Waals surface area contributed by atoms with Crippen LogP contribution in [0.25, 0.3) is 44.6 Å². The molecule has 0 unspecified atom stereocenters. The van der Waals surface area contributed by atoms with Crippen molar-refractivity contribution in [3.8, 4) is 67.6 Å². The van der Waals surface area contributed by atoms with Crippen LogP contribution >= 0.6 is 0 Å². The van der Waals surface area contributed by atoms with Crippen LogP contribution in [0.1, 0.15) is 22.3 Å². The van der Waals surface area contributed by atoms with E-state index in [9.17, 15) is 0 Å². The summed E-state index contributed by atoms with van der Waals surface area (Å²) in [6.45, 7) is 0. The van der Waals surface area contributed by atoms with E-state index in [1.165, 1.54) is 50.1 Å². The van der Waals surface area contributed by atoms with Gasteiger partial charge in [-0.1, -0.05) is 109 Å². The first-order valence-electron chi connectivity index (χ1n) is 15.3. The number of aromatic nitrogens is 1. The number of fused-ring (bicyclic) bond motifs is 13. The van der Waals surface area contributed by atoms with E-state index >= 15 is 0 Å². The number of nitrogens with zero attached hydrogens (tertiary/aromatic N) is 1. The van der Waals surface area contributed by atoms with Crippen LogP contribution in [-0.2, 0) is 5.41 Å². The highest BCUT2D eigenvalue weighted by molar-refractivity contribution is 5.98. The Morgan fingerprint density at radius 3 is 1.76 bits per heavy atom. The summed E-state index contributed by atoms with van der Waals surface area (Å²) in [7, 11) is 0. The van der Waals surface area contributed by atoms with Gasteiger partial charge in [-0.25, -0.2) is 0 Å². The first kappa shape index (κ1) is 24.5. The lowest BCUT2D eigenvalue weighted by Crippen LogP contribution is -2.27.